The van der Waals surface area contributed by atoms with Crippen LogP contribution < -0.4 is 4.90 Å². The van der Waals surface area contributed by atoms with Gasteiger partial charge in [0.1, 0.15) is 11.5 Å². The first-order valence-electron chi connectivity index (χ1n) is 8.20. The standard InChI is InChI=1S/C19H20FN3O2/c1-13-10-23(11-14(2)25-13)19-16(12-24)9-15(18(20)22-19)6-7-17-5-3-4-8-21-17/h3-5,8-9,13-14,24H,10-12H2,1-2H3. The molecule has 6 heteroatoms. The Kier molecular flexibility index (Phi) is 5.27. The van der Waals surface area contributed by atoms with Crippen molar-refractivity contribution in [3.8, 4) is 11.8 Å². The van der Waals surface area contributed by atoms with Crippen molar-refractivity contribution in [3.63, 3.8) is 0 Å². The van der Waals surface area contributed by atoms with Gasteiger partial charge in [-0.2, -0.15) is 4.39 Å². The summed E-state index contributed by atoms with van der Waals surface area (Å²) in [6, 6.07) is 6.90. The molecule has 2 atom stereocenters. The molecule has 25 heavy (non-hydrogen) atoms. The van der Waals surface area contributed by atoms with E-state index in [0.29, 0.717) is 30.2 Å². The van der Waals surface area contributed by atoms with Crippen LogP contribution in [0.15, 0.2) is 30.5 Å². The first kappa shape index (κ1) is 17.3. The quantitative estimate of drug-likeness (QED) is 0.670. The average Bonchev–Trinajstić information content (AvgIpc) is 2.60. The summed E-state index contributed by atoms with van der Waals surface area (Å²) in [7, 11) is 0. The van der Waals surface area contributed by atoms with Crippen molar-refractivity contribution in [3.05, 3.63) is 53.2 Å². The van der Waals surface area contributed by atoms with Crippen LogP contribution in [-0.4, -0.2) is 40.4 Å². The first-order valence-corrected chi connectivity index (χ1v) is 8.20. The summed E-state index contributed by atoms with van der Waals surface area (Å²) in [5.74, 6) is 5.36. The molecular formula is C19H20FN3O2. The van der Waals surface area contributed by atoms with Crippen molar-refractivity contribution in [1.29, 1.82) is 0 Å². The van der Waals surface area contributed by atoms with Gasteiger partial charge in [-0.05, 0) is 38.0 Å². The van der Waals surface area contributed by atoms with Gasteiger partial charge in [0.05, 0.1) is 24.4 Å². The predicted octanol–water partition coefficient (Wildman–Crippen LogP) is 2.12. The molecule has 0 aliphatic carbocycles. The van der Waals surface area contributed by atoms with Gasteiger partial charge in [0.25, 0.3) is 0 Å². The molecular weight excluding hydrogens is 321 g/mol. The molecule has 0 spiro atoms. The molecule has 5 nitrogen and oxygen atoms in total. The minimum Gasteiger partial charge on any atom is -0.392 e. The average molecular weight is 341 g/mol. The van der Waals surface area contributed by atoms with E-state index in [1.54, 1.807) is 24.4 Å². The number of aromatic nitrogens is 2. The molecule has 1 fully saturated rings. The first-order chi connectivity index (χ1) is 12.1. The van der Waals surface area contributed by atoms with Crippen LogP contribution in [0.25, 0.3) is 0 Å². The van der Waals surface area contributed by atoms with Crippen LogP contribution in [0.2, 0.25) is 0 Å². The number of hydrogen-bond donors (Lipinski definition) is 1. The molecule has 3 rings (SSSR count). The fourth-order valence-corrected chi connectivity index (χ4v) is 2.92. The Morgan fingerprint density at radius 1 is 1.28 bits per heavy atom. The van der Waals surface area contributed by atoms with Crippen LogP contribution in [0.1, 0.15) is 30.7 Å². The second-order valence-corrected chi connectivity index (χ2v) is 6.09. The number of morpholine rings is 1. The van der Waals surface area contributed by atoms with Crippen molar-refractivity contribution in [2.24, 2.45) is 0 Å². The van der Waals surface area contributed by atoms with Crippen LogP contribution in [-0.2, 0) is 11.3 Å². The van der Waals surface area contributed by atoms with Gasteiger partial charge in [0.15, 0.2) is 0 Å². The number of nitrogens with zero attached hydrogens (tertiary/aromatic N) is 3. The molecule has 0 bridgehead atoms. The number of aliphatic hydroxyl groups excluding tert-OH is 1. The molecule has 0 radical (unpaired) electrons. The zero-order chi connectivity index (χ0) is 17.8. The third kappa shape index (κ3) is 4.13. The van der Waals surface area contributed by atoms with Crippen LogP contribution in [0.3, 0.4) is 0 Å². The highest BCUT2D eigenvalue weighted by atomic mass is 19.1. The Morgan fingerprint density at radius 3 is 2.68 bits per heavy atom. The van der Waals surface area contributed by atoms with Gasteiger partial charge in [0, 0.05) is 24.8 Å². The van der Waals surface area contributed by atoms with Gasteiger partial charge < -0.3 is 14.7 Å². The van der Waals surface area contributed by atoms with Gasteiger partial charge in [-0.1, -0.05) is 12.0 Å². The molecule has 130 valence electrons. The fraction of sp³-hybridized carbons (Fsp3) is 0.368. The van der Waals surface area contributed by atoms with Crippen LogP contribution in [0, 0.1) is 17.8 Å². The zero-order valence-electron chi connectivity index (χ0n) is 14.2. The number of halogens is 1. The normalized spacial score (nSPS) is 20.1. The molecule has 1 saturated heterocycles. The summed E-state index contributed by atoms with van der Waals surface area (Å²) >= 11 is 0. The molecule has 1 aliphatic rings. The Balaban J connectivity index is 1.92. The maximum absolute atomic E-state index is 14.4. The number of ether oxygens (including phenoxy) is 1. The lowest BCUT2D eigenvalue weighted by molar-refractivity contribution is -0.00561. The van der Waals surface area contributed by atoms with E-state index in [2.05, 4.69) is 21.8 Å². The van der Waals surface area contributed by atoms with E-state index in [-0.39, 0.29) is 24.4 Å². The van der Waals surface area contributed by atoms with Crippen molar-refractivity contribution >= 4 is 5.82 Å². The zero-order valence-corrected chi connectivity index (χ0v) is 14.2. The van der Waals surface area contributed by atoms with E-state index in [0.717, 1.165) is 0 Å². The van der Waals surface area contributed by atoms with Crippen LogP contribution >= 0.6 is 0 Å². The Morgan fingerprint density at radius 2 is 2.04 bits per heavy atom. The van der Waals surface area contributed by atoms with E-state index in [1.807, 2.05) is 24.8 Å². The van der Waals surface area contributed by atoms with E-state index in [4.69, 9.17) is 4.74 Å². The van der Waals surface area contributed by atoms with Gasteiger partial charge in [-0.25, -0.2) is 9.97 Å². The molecule has 3 heterocycles. The lowest BCUT2D eigenvalue weighted by Crippen LogP contribution is -2.46. The second-order valence-electron chi connectivity index (χ2n) is 6.09. The fourth-order valence-electron chi connectivity index (χ4n) is 2.92. The highest BCUT2D eigenvalue weighted by Gasteiger charge is 2.25. The monoisotopic (exact) mass is 341 g/mol. The largest absolute Gasteiger partial charge is 0.392 e. The van der Waals surface area contributed by atoms with Crippen molar-refractivity contribution in [1.82, 2.24) is 9.97 Å². The predicted molar refractivity (Wildman–Crippen MR) is 92.6 cm³/mol. The summed E-state index contributed by atoms with van der Waals surface area (Å²) in [5.41, 5.74) is 1.24. The summed E-state index contributed by atoms with van der Waals surface area (Å²) < 4.78 is 20.1. The smallest absolute Gasteiger partial charge is 0.230 e. The molecule has 2 aromatic rings. The number of hydrogen-bond acceptors (Lipinski definition) is 5. The number of anilines is 1. The molecule has 1 aliphatic heterocycles. The van der Waals surface area contributed by atoms with Crippen molar-refractivity contribution in [2.45, 2.75) is 32.7 Å². The minimum atomic E-state index is -0.651. The molecule has 0 saturated carbocycles. The lowest BCUT2D eigenvalue weighted by atomic mass is 10.1. The molecule has 0 amide bonds. The Labute approximate surface area is 146 Å². The number of aliphatic hydroxyl groups is 1. The molecule has 2 aromatic heterocycles. The van der Waals surface area contributed by atoms with E-state index in [9.17, 15) is 9.50 Å². The maximum Gasteiger partial charge on any atom is 0.230 e. The molecule has 2 unspecified atom stereocenters. The highest BCUT2D eigenvalue weighted by molar-refractivity contribution is 5.52. The SMILES string of the molecule is CC1CN(c2nc(F)c(C#Cc3ccccn3)cc2CO)CC(C)O1. The summed E-state index contributed by atoms with van der Waals surface area (Å²) in [4.78, 5) is 10.1. The molecule has 1 N–H and O–H groups in total. The Bertz CT molecular complexity index is 792. The summed E-state index contributed by atoms with van der Waals surface area (Å²) in [6.45, 7) is 4.89. The highest BCUT2D eigenvalue weighted by Crippen LogP contribution is 2.24. The van der Waals surface area contributed by atoms with Crippen LogP contribution in [0.5, 0.6) is 0 Å². The summed E-state index contributed by atoms with van der Waals surface area (Å²) in [5, 5.41) is 9.70. The van der Waals surface area contributed by atoms with Crippen LogP contribution in [0.4, 0.5) is 10.2 Å². The third-order valence-corrected chi connectivity index (χ3v) is 3.91. The number of pyridine rings is 2. The minimum absolute atomic E-state index is 0.0174. The van der Waals surface area contributed by atoms with Gasteiger partial charge in [-0.3, -0.25) is 0 Å². The second kappa shape index (κ2) is 7.60. The Hall–Kier alpha value is -2.49. The van der Waals surface area contributed by atoms with E-state index >= 15 is 0 Å². The van der Waals surface area contributed by atoms with Gasteiger partial charge >= 0.3 is 0 Å². The lowest BCUT2D eigenvalue weighted by Gasteiger charge is -2.36. The van der Waals surface area contributed by atoms with E-state index in [1.165, 1.54) is 0 Å². The molecule has 0 aromatic carbocycles. The van der Waals surface area contributed by atoms with E-state index < -0.39 is 5.95 Å². The van der Waals surface area contributed by atoms with Gasteiger partial charge in [-0.15, -0.1) is 0 Å². The third-order valence-electron chi connectivity index (χ3n) is 3.91. The van der Waals surface area contributed by atoms with Crippen molar-refractivity contribution in [2.75, 3.05) is 18.0 Å². The topological polar surface area (TPSA) is 58.5 Å². The van der Waals surface area contributed by atoms with Crippen molar-refractivity contribution < 1.29 is 14.2 Å². The summed E-state index contributed by atoms with van der Waals surface area (Å²) in [6.07, 6.45) is 1.66. The maximum atomic E-state index is 14.4. The van der Waals surface area contributed by atoms with Gasteiger partial charge in [0.2, 0.25) is 5.95 Å². The number of rotatable bonds is 2.